The fourth-order valence-corrected chi connectivity index (χ4v) is 2.39. The number of amides is 4. The molecule has 4 amide bonds. The molecule has 2 atom stereocenters. The predicted molar refractivity (Wildman–Crippen MR) is 102 cm³/mol. The number of carboxylic acids is 1. The molecule has 0 aromatic heterocycles. The molecule has 1 rings (SSSR count). The topological polar surface area (TPSA) is 194 Å². The molecule has 0 radical (unpaired) electrons. The number of nitrogens with one attached hydrogen (secondary N) is 3. The molecule has 0 aliphatic heterocycles. The van der Waals surface area contributed by atoms with Crippen molar-refractivity contribution in [2.75, 3.05) is 13.1 Å². The highest BCUT2D eigenvalue weighted by molar-refractivity contribution is 5.92. The van der Waals surface area contributed by atoms with E-state index in [-0.39, 0.29) is 25.8 Å². The summed E-state index contributed by atoms with van der Waals surface area (Å²) in [6.45, 7) is -0.871. The Morgan fingerprint density at radius 3 is 2.14 bits per heavy atom. The van der Waals surface area contributed by atoms with Gasteiger partial charge in [-0.15, -0.1) is 0 Å². The first kappa shape index (κ1) is 23.6. The zero-order chi connectivity index (χ0) is 21.8. The molecular formula is C18H25N5O6. The van der Waals surface area contributed by atoms with Gasteiger partial charge in [0.05, 0.1) is 13.1 Å². The van der Waals surface area contributed by atoms with Crippen molar-refractivity contribution in [2.24, 2.45) is 11.5 Å². The minimum Gasteiger partial charge on any atom is -0.480 e. The molecule has 158 valence electrons. The molecule has 2 unspecified atom stereocenters. The summed E-state index contributed by atoms with van der Waals surface area (Å²) in [7, 11) is 0. The van der Waals surface area contributed by atoms with E-state index in [0.717, 1.165) is 5.56 Å². The first-order valence-corrected chi connectivity index (χ1v) is 8.84. The van der Waals surface area contributed by atoms with Gasteiger partial charge in [0.2, 0.25) is 23.6 Å². The summed E-state index contributed by atoms with van der Waals surface area (Å²) in [4.78, 5) is 58.0. The molecule has 11 heteroatoms. The fraction of sp³-hybridized carbons (Fsp3) is 0.389. The van der Waals surface area contributed by atoms with Crippen LogP contribution in [0.1, 0.15) is 18.4 Å². The molecule has 1 aromatic rings. The van der Waals surface area contributed by atoms with Crippen molar-refractivity contribution in [1.82, 2.24) is 16.0 Å². The van der Waals surface area contributed by atoms with Gasteiger partial charge < -0.3 is 32.5 Å². The van der Waals surface area contributed by atoms with Gasteiger partial charge in [-0.2, -0.15) is 0 Å². The van der Waals surface area contributed by atoms with Crippen molar-refractivity contribution in [3.63, 3.8) is 0 Å². The Morgan fingerprint density at radius 1 is 0.966 bits per heavy atom. The molecule has 11 nitrogen and oxygen atoms in total. The number of carbonyl (C=O) groups is 5. The Hall–Kier alpha value is -3.47. The van der Waals surface area contributed by atoms with E-state index < -0.39 is 48.2 Å². The molecule has 0 heterocycles. The monoisotopic (exact) mass is 407 g/mol. The highest BCUT2D eigenvalue weighted by Crippen LogP contribution is 2.03. The second-order valence-corrected chi connectivity index (χ2v) is 6.20. The number of nitrogens with two attached hydrogens (primary N) is 2. The van der Waals surface area contributed by atoms with Gasteiger partial charge >= 0.3 is 5.97 Å². The van der Waals surface area contributed by atoms with Crippen LogP contribution in [0.5, 0.6) is 0 Å². The van der Waals surface area contributed by atoms with Crippen LogP contribution < -0.4 is 27.4 Å². The molecule has 0 aliphatic carbocycles. The van der Waals surface area contributed by atoms with Crippen LogP contribution in [-0.4, -0.2) is 59.9 Å². The van der Waals surface area contributed by atoms with Crippen molar-refractivity contribution in [1.29, 1.82) is 0 Å². The van der Waals surface area contributed by atoms with Crippen LogP contribution in [0, 0.1) is 0 Å². The Morgan fingerprint density at radius 2 is 1.59 bits per heavy atom. The van der Waals surface area contributed by atoms with Crippen LogP contribution >= 0.6 is 0 Å². The lowest BCUT2D eigenvalue weighted by atomic mass is 10.1. The third-order valence-corrected chi connectivity index (χ3v) is 3.86. The highest BCUT2D eigenvalue weighted by atomic mass is 16.4. The number of carboxylic acid groups (broad SMARTS) is 1. The fourth-order valence-electron chi connectivity index (χ4n) is 2.39. The molecule has 1 aromatic carbocycles. The van der Waals surface area contributed by atoms with E-state index in [1.165, 1.54) is 0 Å². The molecule has 0 bridgehead atoms. The summed E-state index contributed by atoms with van der Waals surface area (Å²) in [5, 5.41) is 16.2. The molecule has 0 saturated heterocycles. The maximum absolute atomic E-state index is 12.2. The van der Waals surface area contributed by atoms with Crippen molar-refractivity contribution in [3.8, 4) is 0 Å². The van der Waals surface area contributed by atoms with Crippen LogP contribution in [-0.2, 0) is 30.4 Å². The predicted octanol–water partition coefficient (Wildman–Crippen LogP) is -2.38. The van der Waals surface area contributed by atoms with Gasteiger partial charge in [0.25, 0.3) is 0 Å². The van der Waals surface area contributed by atoms with Gasteiger partial charge in [0, 0.05) is 12.8 Å². The van der Waals surface area contributed by atoms with Gasteiger partial charge in [-0.25, -0.2) is 4.79 Å². The molecule has 29 heavy (non-hydrogen) atoms. The highest BCUT2D eigenvalue weighted by Gasteiger charge is 2.23. The lowest BCUT2D eigenvalue weighted by molar-refractivity contribution is -0.141. The van der Waals surface area contributed by atoms with Crippen LogP contribution in [0.3, 0.4) is 0 Å². The molecular weight excluding hydrogens is 382 g/mol. The maximum atomic E-state index is 12.2. The zero-order valence-corrected chi connectivity index (χ0v) is 15.7. The minimum absolute atomic E-state index is 0.0692. The summed E-state index contributed by atoms with van der Waals surface area (Å²) in [6.07, 6.45) is -0.156. The van der Waals surface area contributed by atoms with E-state index >= 15 is 0 Å². The quantitative estimate of drug-likeness (QED) is 0.223. The first-order chi connectivity index (χ1) is 13.7. The zero-order valence-electron chi connectivity index (χ0n) is 15.7. The normalized spacial score (nSPS) is 12.3. The van der Waals surface area contributed by atoms with E-state index in [2.05, 4.69) is 16.0 Å². The Balaban J connectivity index is 2.61. The Labute approximate surface area is 167 Å². The third kappa shape index (κ3) is 9.33. The average Bonchev–Trinajstić information content (AvgIpc) is 2.69. The number of hydrogen-bond acceptors (Lipinski definition) is 6. The van der Waals surface area contributed by atoms with Gasteiger partial charge in [0.1, 0.15) is 12.1 Å². The van der Waals surface area contributed by atoms with Crippen molar-refractivity contribution in [2.45, 2.75) is 31.3 Å². The number of aliphatic carboxylic acids is 1. The van der Waals surface area contributed by atoms with Crippen LogP contribution in [0.25, 0.3) is 0 Å². The summed E-state index contributed by atoms with van der Waals surface area (Å²) in [5.41, 5.74) is 11.0. The maximum Gasteiger partial charge on any atom is 0.326 e. The summed E-state index contributed by atoms with van der Waals surface area (Å²) in [6, 6.07) is 6.46. The van der Waals surface area contributed by atoms with E-state index in [1.807, 2.05) is 0 Å². The Bertz CT molecular complexity index is 740. The molecule has 0 aliphatic rings. The van der Waals surface area contributed by atoms with Crippen LogP contribution in [0.2, 0.25) is 0 Å². The summed E-state index contributed by atoms with van der Waals surface area (Å²) < 4.78 is 0. The minimum atomic E-state index is -1.22. The van der Waals surface area contributed by atoms with Gasteiger partial charge in [-0.05, 0) is 12.0 Å². The molecule has 0 spiro atoms. The molecule has 0 saturated carbocycles. The van der Waals surface area contributed by atoms with Gasteiger partial charge in [0.15, 0.2) is 0 Å². The third-order valence-electron chi connectivity index (χ3n) is 3.86. The number of rotatable bonds is 12. The van der Waals surface area contributed by atoms with Gasteiger partial charge in [-0.3, -0.25) is 19.2 Å². The van der Waals surface area contributed by atoms with E-state index in [0.29, 0.717) is 0 Å². The van der Waals surface area contributed by atoms with E-state index in [1.54, 1.807) is 30.3 Å². The SMILES string of the molecule is NCC(=O)NC(CCC(N)=O)C(=O)NCC(=O)NC(Cc1ccccc1)C(=O)O. The number of primary amides is 1. The number of carbonyl (C=O) groups excluding carboxylic acids is 4. The van der Waals surface area contributed by atoms with Crippen LogP contribution in [0.4, 0.5) is 0 Å². The van der Waals surface area contributed by atoms with Gasteiger partial charge in [-0.1, -0.05) is 30.3 Å². The lowest BCUT2D eigenvalue weighted by Gasteiger charge is -2.18. The first-order valence-electron chi connectivity index (χ1n) is 8.84. The average molecular weight is 407 g/mol. The van der Waals surface area contributed by atoms with Crippen molar-refractivity contribution in [3.05, 3.63) is 35.9 Å². The van der Waals surface area contributed by atoms with Crippen molar-refractivity contribution >= 4 is 29.6 Å². The van der Waals surface area contributed by atoms with Crippen LogP contribution in [0.15, 0.2) is 30.3 Å². The number of hydrogen-bond donors (Lipinski definition) is 6. The second-order valence-electron chi connectivity index (χ2n) is 6.20. The standard InChI is InChI=1S/C18H25N5O6/c19-9-15(25)22-12(6-7-14(20)24)17(27)21-10-16(26)23-13(18(28)29)8-11-4-2-1-3-5-11/h1-5,12-13H,6-10,19H2,(H2,20,24)(H,21,27)(H,22,25)(H,23,26)(H,28,29). The molecule has 8 N–H and O–H groups in total. The summed E-state index contributed by atoms with van der Waals surface area (Å²) in [5.74, 6) is -3.94. The van der Waals surface area contributed by atoms with Crippen molar-refractivity contribution < 1.29 is 29.1 Å². The molecule has 0 fully saturated rings. The largest absolute Gasteiger partial charge is 0.480 e. The Kier molecular flexibility index (Phi) is 9.82. The smallest absolute Gasteiger partial charge is 0.326 e. The number of benzene rings is 1. The second kappa shape index (κ2) is 12.1. The summed E-state index contributed by atoms with van der Waals surface area (Å²) >= 11 is 0. The lowest BCUT2D eigenvalue weighted by Crippen LogP contribution is -2.52. The van der Waals surface area contributed by atoms with E-state index in [4.69, 9.17) is 11.5 Å². The van der Waals surface area contributed by atoms with E-state index in [9.17, 15) is 29.1 Å².